The number of rotatable bonds is 3. The molecule has 1 unspecified atom stereocenters. The van der Waals surface area contributed by atoms with Crippen LogP contribution in [-0.2, 0) is 6.42 Å². The molecule has 2 N–H and O–H groups in total. The molecular formula is C17H15BrN2. The van der Waals surface area contributed by atoms with Crippen LogP contribution in [0.25, 0.3) is 10.8 Å². The predicted octanol–water partition coefficient (Wildman–Crippen LogP) is 4.24. The molecule has 0 amide bonds. The summed E-state index contributed by atoms with van der Waals surface area (Å²) in [5, 5.41) is 2.32. The Morgan fingerprint density at radius 1 is 1.05 bits per heavy atom. The Bertz CT molecular complexity index is 717. The van der Waals surface area contributed by atoms with Crippen molar-refractivity contribution in [3.63, 3.8) is 0 Å². The molecule has 0 aliphatic rings. The average molecular weight is 327 g/mol. The van der Waals surface area contributed by atoms with E-state index in [4.69, 9.17) is 5.73 Å². The first-order valence-electron chi connectivity index (χ1n) is 6.57. The third kappa shape index (κ3) is 2.74. The smallest absolute Gasteiger partial charge is 0.0349 e. The van der Waals surface area contributed by atoms with Crippen LogP contribution in [0.3, 0.4) is 0 Å². The summed E-state index contributed by atoms with van der Waals surface area (Å²) in [4.78, 5) is 4.21. The van der Waals surface area contributed by atoms with Gasteiger partial charge in [0.15, 0.2) is 0 Å². The minimum atomic E-state index is -0.0240. The fourth-order valence-electron chi connectivity index (χ4n) is 2.44. The van der Waals surface area contributed by atoms with Gasteiger partial charge in [-0.1, -0.05) is 46.3 Å². The average Bonchev–Trinajstić information content (AvgIpc) is 2.49. The van der Waals surface area contributed by atoms with Crippen LogP contribution < -0.4 is 5.73 Å². The summed E-state index contributed by atoms with van der Waals surface area (Å²) in [6, 6.07) is 16.5. The topological polar surface area (TPSA) is 38.9 Å². The first kappa shape index (κ1) is 13.3. The summed E-state index contributed by atoms with van der Waals surface area (Å²) in [7, 11) is 0. The van der Waals surface area contributed by atoms with E-state index >= 15 is 0 Å². The SMILES string of the molecule is NC(Cc1ccc(Br)cc1)c1cccc2ccncc12. The number of nitrogens with two attached hydrogens (primary N) is 1. The van der Waals surface area contributed by atoms with Gasteiger partial charge in [0.05, 0.1) is 0 Å². The molecular weight excluding hydrogens is 312 g/mol. The lowest BCUT2D eigenvalue weighted by Gasteiger charge is -2.14. The molecule has 2 aromatic carbocycles. The molecule has 0 spiro atoms. The summed E-state index contributed by atoms with van der Waals surface area (Å²) in [5.41, 5.74) is 8.78. The van der Waals surface area contributed by atoms with E-state index in [1.165, 1.54) is 10.9 Å². The number of halogens is 1. The van der Waals surface area contributed by atoms with Gasteiger partial charge in [-0.25, -0.2) is 0 Å². The summed E-state index contributed by atoms with van der Waals surface area (Å²) in [6.45, 7) is 0. The van der Waals surface area contributed by atoms with Crippen LogP contribution in [0.5, 0.6) is 0 Å². The number of pyridine rings is 1. The highest BCUT2D eigenvalue weighted by molar-refractivity contribution is 9.10. The molecule has 1 aromatic heterocycles. The number of benzene rings is 2. The maximum absolute atomic E-state index is 6.39. The van der Waals surface area contributed by atoms with E-state index in [1.54, 1.807) is 0 Å². The van der Waals surface area contributed by atoms with Crippen molar-refractivity contribution < 1.29 is 0 Å². The fraction of sp³-hybridized carbons (Fsp3) is 0.118. The monoisotopic (exact) mass is 326 g/mol. The second kappa shape index (κ2) is 5.73. The maximum Gasteiger partial charge on any atom is 0.0349 e. The van der Waals surface area contributed by atoms with Crippen LogP contribution in [0.4, 0.5) is 0 Å². The van der Waals surface area contributed by atoms with Gasteiger partial charge in [0.2, 0.25) is 0 Å². The van der Waals surface area contributed by atoms with Gasteiger partial charge >= 0.3 is 0 Å². The molecule has 0 aliphatic heterocycles. The Kier molecular flexibility index (Phi) is 3.81. The Morgan fingerprint density at radius 2 is 1.85 bits per heavy atom. The van der Waals surface area contributed by atoms with Gasteiger partial charge in [0.1, 0.15) is 0 Å². The summed E-state index contributed by atoms with van der Waals surface area (Å²) >= 11 is 3.45. The molecule has 1 heterocycles. The van der Waals surface area contributed by atoms with Gasteiger partial charge in [-0.05, 0) is 41.1 Å². The molecule has 0 aliphatic carbocycles. The summed E-state index contributed by atoms with van der Waals surface area (Å²) in [5.74, 6) is 0. The van der Waals surface area contributed by atoms with E-state index in [0.717, 1.165) is 21.8 Å². The van der Waals surface area contributed by atoms with Crippen molar-refractivity contribution in [2.75, 3.05) is 0 Å². The molecule has 20 heavy (non-hydrogen) atoms. The number of hydrogen-bond acceptors (Lipinski definition) is 2. The lowest BCUT2D eigenvalue weighted by Crippen LogP contribution is -2.13. The minimum Gasteiger partial charge on any atom is -0.324 e. The number of nitrogens with zero attached hydrogens (tertiary/aromatic N) is 1. The van der Waals surface area contributed by atoms with Crippen LogP contribution >= 0.6 is 15.9 Å². The Balaban J connectivity index is 1.92. The number of hydrogen-bond donors (Lipinski definition) is 1. The van der Waals surface area contributed by atoms with Crippen molar-refractivity contribution in [1.29, 1.82) is 0 Å². The van der Waals surface area contributed by atoms with Crippen LogP contribution in [0, 0.1) is 0 Å². The zero-order valence-corrected chi connectivity index (χ0v) is 12.5. The molecule has 1 atom stereocenters. The normalized spacial score (nSPS) is 12.5. The Labute approximate surface area is 126 Å². The number of fused-ring (bicyclic) bond motifs is 1. The van der Waals surface area contributed by atoms with Crippen LogP contribution in [0.2, 0.25) is 0 Å². The van der Waals surface area contributed by atoms with Crippen LogP contribution in [-0.4, -0.2) is 4.98 Å². The van der Waals surface area contributed by atoms with Gasteiger partial charge in [-0.2, -0.15) is 0 Å². The fourth-order valence-corrected chi connectivity index (χ4v) is 2.71. The van der Waals surface area contributed by atoms with E-state index in [9.17, 15) is 0 Å². The van der Waals surface area contributed by atoms with E-state index in [2.05, 4.69) is 51.2 Å². The molecule has 3 heteroatoms. The van der Waals surface area contributed by atoms with Gasteiger partial charge in [0.25, 0.3) is 0 Å². The standard InChI is InChI=1S/C17H15BrN2/c18-14-6-4-12(5-7-14)10-17(19)15-3-1-2-13-8-9-20-11-16(13)15/h1-9,11,17H,10,19H2. The highest BCUT2D eigenvalue weighted by Crippen LogP contribution is 2.25. The lowest BCUT2D eigenvalue weighted by atomic mass is 9.96. The molecule has 0 saturated carbocycles. The summed E-state index contributed by atoms with van der Waals surface area (Å²) < 4.78 is 1.09. The zero-order valence-electron chi connectivity index (χ0n) is 11.0. The van der Waals surface area contributed by atoms with Gasteiger partial charge in [-0.15, -0.1) is 0 Å². The molecule has 0 radical (unpaired) electrons. The second-order valence-corrected chi connectivity index (χ2v) is 5.80. The Hall–Kier alpha value is -1.71. The Morgan fingerprint density at radius 3 is 2.65 bits per heavy atom. The predicted molar refractivity (Wildman–Crippen MR) is 86.5 cm³/mol. The van der Waals surface area contributed by atoms with Gasteiger partial charge in [0, 0.05) is 28.3 Å². The minimum absolute atomic E-state index is 0.0240. The van der Waals surface area contributed by atoms with E-state index < -0.39 is 0 Å². The van der Waals surface area contributed by atoms with Crippen molar-refractivity contribution in [3.8, 4) is 0 Å². The third-order valence-electron chi connectivity index (χ3n) is 3.49. The van der Waals surface area contributed by atoms with Crippen molar-refractivity contribution >= 4 is 26.7 Å². The van der Waals surface area contributed by atoms with E-state index in [0.29, 0.717) is 0 Å². The van der Waals surface area contributed by atoms with E-state index in [-0.39, 0.29) is 6.04 Å². The van der Waals surface area contributed by atoms with Crippen molar-refractivity contribution in [2.45, 2.75) is 12.5 Å². The zero-order chi connectivity index (χ0) is 13.9. The first-order valence-corrected chi connectivity index (χ1v) is 7.36. The quantitative estimate of drug-likeness (QED) is 0.781. The van der Waals surface area contributed by atoms with Gasteiger partial charge < -0.3 is 5.73 Å². The number of aromatic nitrogens is 1. The van der Waals surface area contributed by atoms with Gasteiger partial charge in [-0.3, -0.25) is 4.98 Å². The maximum atomic E-state index is 6.39. The van der Waals surface area contributed by atoms with Crippen LogP contribution in [0.15, 0.2) is 65.4 Å². The lowest BCUT2D eigenvalue weighted by molar-refractivity contribution is 0.728. The third-order valence-corrected chi connectivity index (χ3v) is 4.01. The largest absolute Gasteiger partial charge is 0.324 e. The molecule has 3 rings (SSSR count). The van der Waals surface area contributed by atoms with Crippen molar-refractivity contribution in [1.82, 2.24) is 4.98 Å². The molecule has 0 bridgehead atoms. The van der Waals surface area contributed by atoms with Crippen molar-refractivity contribution in [3.05, 3.63) is 76.5 Å². The van der Waals surface area contributed by atoms with Crippen LogP contribution in [0.1, 0.15) is 17.2 Å². The van der Waals surface area contributed by atoms with E-state index in [1.807, 2.05) is 30.6 Å². The molecule has 100 valence electrons. The highest BCUT2D eigenvalue weighted by atomic mass is 79.9. The molecule has 0 fully saturated rings. The second-order valence-electron chi connectivity index (χ2n) is 4.88. The molecule has 0 saturated heterocycles. The molecule has 2 nitrogen and oxygen atoms in total. The molecule has 3 aromatic rings. The highest BCUT2D eigenvalue weighted by Gasteiger charge is 2.10. The van der Waals surface area contributed by atoms with Crippen molar-refractivity contribution in [2.24, 2.45) is 5.73 Å². The summed E-state index contributed by atoms with van der Waals surface area (Å²) in [6.07, 6.45) is 4.53. The first-order chi connectivity index (χ1) is 9.74.